The number of amides is 2. The van der Waals surface area contributed by atoms with Crippen LogP contribution in [-0.4, -0.2) is 6.03 Å². The van der Waals surface area contributed by atoms with Crippen molar-refractivity contribution < 1.29 is 9.18 Å². The molecule has 2 aromatic rings. The number of hydrogen-bond donors (Lipinski definition) is 2. The summed E-state index contributed by atoms with van der Waals surface area (Å²) in [4.78, 5) is 12.2. The highest BCUT2D eigenvalue weighted by Gasteiger charge is 2.12. The monoisotopic (exact) mass is 334 g/mol. The summed E-state index contributed by atoms with van der Waals surface area (Å²) in [7, 11) is 0. The maximum atomic E-state index is 13.7. The third-order valence-electron chi connectivity index (χ3n) is 3.72. The number of anilines is 1. The fraction of sp³-hybridized carbons (Fsp3) is 0.278. The molecule has 3 nitrogen and oxygen atoms in total. The Morgan fingerprint density at radius 1 is 1.09 bits per heavy atom. The van der Waals surface area contributed by atoms with Gasteiger partial charge in [0.1, 0.15) is 5.82 Å². The molecule has 5 heteroatoms. The van der Waals surface area contributed by atoms with Gasteiger partial charge in [-0.3, -0.25) is 0 Å². The second-order valence-corrected chi connectivity index (χ2v) is 5.57. The smallest absolute Gasteiger partial charge is 0.319 e. The molecule has 0 aliphatic rings. The molecule has 0 bridgehead atoms. The molecular weight excluding hydrogens is 315 g/mol. The molecule has 2 aromatic carbocycles. The van der Waals surface area contributed by atoms with Gasteiger partial charge in [-0.15, -0.1) is 0 Å². The van der Waals surface area contributed by atoms with Crippen LogP contribution in [0.3, 0.4) is 0 Å². The van der Waals surface area contributed by atoms with Gasteiger partial charge in [-0.05, 0) is 36.1 Å². The van der Waals surface area contributed by atoms with Crippen LogP contribution in [0.5, 0.6) is 0 Å². The predicted molar refractivity (Wildman–Crippen MR) is 92.5 cm³/mol. The van der Waals surface area contributed by atoms with Crippen LogP contribution in [-0.2, 0) is 19.4 Å². The van der Waals surface area contributed by atoms with Crippen molar-refractivity contribution in [2.75, 3.05) is 5.32 Å². The van der Waals surface area contributed by atoms with E-state index < -0.39 is 5.82 Å². The van der Waals surface area contributed by atoms with Crippen molar-refractivity contribution in [2.45, 2.75) is 33.2 Å². The van der Waals surface area contributed by atoms with E-state index in [2.05, 4.69) is 10.6 Å². The van der Waals surface area contributed by atoms with E-state index in [1.165, 1.54) is 12.1 Å². The van der Waals surface area contributed by atoms with Gasteiger partial charge in [0, 0.05) is 22.8 Å². The normalized spacial score (nSPS) is 10.4. The number of aryl methyl sites for hydroxylation is 2. The van der Waals surface area contributed by atoms with Gasteiger partial charge in [-0.25, -0.2) is 9.18 Å². The van der Waals surface area contributed by atoms with E-state index in [0.717, 1.165) is 29.7 Å². The van der Waals surface area contributed by atoms with Crippen LogP contribution >= 0.6 is 11.6 Å². The van der Waals surface area contributed by atoms with Gasteiger partial charge in [0.05, 0.1) is 0 Å². The Kier molecular flexibility index (Phi) is 5.99. The Morgan fingerprint density at radius 2 is 1.70 bits per heavy atom. The lowest BCUT2D eigenvalue weighted by atomic mass is 10.0. The van der Waals surface area contributed by atoms with Gasteiger partial charge in [-0.1, -0.05) is 49.7 Å². The molecule has 0 radical (unpaired) electrons. The van der Waals surface area contributed by atoms with Crippen LogP contribution in [0.25, 0.3) is 0 Å². The molecule has 0 saturated carbocycles. The average molecular weight is 335 g/mol. The van der Waals surface area contributed by atoms with Crippen molar-refractivity contribution in [2.24, 2.45) is 0 Å². The summed E-state index contributed by atoms with van der Waals surface area (Å²) in [5.74, 6) is -0.430. The quantitative estimate of drug-likeness (QED) is 0.800. The number of carbonyl (C=O) groups is 1. The molecule has 0 aromatic heterocycles. The summed E-state index contributed by atoms with van der Waals surface area (Å²) in [5, 5.41) is 5.83. The van der Waals surface area contributed by atoms with Crippen molar-refractivity contribution in [3.8, 4) is 0 Å². The highest BCUT2D eigenvalue weighted by atomic mass is 35.5. The van der Waals surface area contributed by atoms with Crippen molar-refractivity contribution >= 4 is 23.3 Å². The minimum atomic E-state index is -0.430. The molecule has 0 aliphatic heterocycles. The highest BCUT2D eigenvalue weighted by Crippen LogP contribution is 2.23. The van der Waals surface area contributed by atoms with Crippen molar-refractivity contribution in [1.29, 1.82) is 0 Å². The summed E-state index contributed by atoms with van der Waals surface area (Å²) < 4.78 is 13.7. The Balaban J connectivity index is 2.09. The fourth-order valence-corrected chi connectivity index (χ4v) is 2.66. The second-order valence-electron chi connectivity index (χ2n) is 5.17. The first-order valence-electron chi connectivity index (χ1n) is 7.65. The number of carbonyl (C=O) groups excluding carboxylic acids is 1. The maximum Gasteiger partial charge on any atom is 0.319 e. The summed E-state index contributed by atoms with van der Waals surface area (Å²) in [6, 6.07) is 10.0. The minimum absolute atomic E-state index is 0.0348. The lowest BCUT2D eigenvalue weighted by Crippen LogP contribution is -2.29. The van der Waals surface area contributed by atoms with Gasteiger partial charge in [0.25, 0.3) is 0 Å². The summed E-state index contributed by atoms with van der Waals surface area (Å²) in [5.41, 5.74) is 3.25. The zero-order valence-corrected chi connectivity index (χ0v) is 14.0. The van der Waals surface area contributed by atoms with Crippen LogP contribution in [0.2, 0.25) is 5.02 Å². The number of benzene rings is 2. The zero-order chi connectivity index (χ0) is 16.8. The van der Waals surface area contributed by atoms with Gasteiger partial charge < -0.3 is 10.6 Å². The first-order chi connectivity index (χ1) is 11.1. The number of rotatable bonds is 5. The van der Waals surface area contributed by atoms with E-state index in [9.17, 15) is 9.18 Å². The fourth-order valence-electron chi connectivity index (χ4n) is 2.43. The Bertz CT molecular complexity index is 661. The average Bonchev–Trinajstić information content (AvgIpc) is 2.54. The van der Waals surface area contributed by atoms with Gasteiger partial charge in [0.15, 0.2) is 0 Å². The first-order valence-corrected chi connectivity index (χ1v) is 8.03. The highest BCUT2D eigenvalue weighted by molar-refractivity contribution is 6.31. The van der Waals surface area contributed by atoms with E-state index in [-0.39, 0.29) is 18.1 Å². The van der Waals surface area contributed by atoms with Crippen LogP contribution in [0.15, 0.2) is 36.4 Å². The van der Waals surface area contributed by atoms with Crippen LogP contribution in [0.4, 0.5) is 14.9 Å². The molecular formula is C18H20ClFN2O. The number of urea groups is 1. The second kappa shape index (κ2) is 7.97. The molecule has 0 aliphatic carbocycles. The maximum absolute atomic E-state index is 13.7. The SMILES string of the molecule is CCc1cccc(CC)c1NC(=O)NCc1c(F)cccc1Cl. The predicted octanol–water partition coefficient (Wildman–Crippen LogP) is 4.93. The van der Waals surface area contributed by atoms with Gasteiger partial charge in [-0.2, -0.15) is 0 Å². The van der Waals surface area contributed by atoms with Crippen LogP contribution in [0, 0.1) is 5.82 Å². The molecule has 0 fully saturated rings. The topological polar surface area (TPSA) is 41.1 Å². The Morgan fingerprint density at radius 3 is 2.26 bits per heavy atom. The van der Waals surface area contributed by atoms with Crippen LogP contribution in [0.1, 0.15) is 30.5 Å². The summed E-state index contributed by atoms with van der Waals surface area (Å²) >= 11 is 5.96. The largest absolute Gasteiger partial charge is 0.334 e. The lowest BCUT2D eigenvalue weighted by Gasteiger charge is -2.15. The summed E-state index contributed by atoms with van der Waals surface area (Å²) in [6.45, 7) is 4.11. The van der Waals surface area contributed by atoms with Crippen LogP contribution < -0.4 is 10.6 Å². The molecule has 0 unspecified atom stereocenters. The standard InChI is InChI=1S/C18H20ClFN2O/c1-3-12-7-5-8-13(4-2)17(12)22-18(23)21-11-14-15(19)9-6-10-16(14)20/h5-10H,3-4,11H2,1-2H3,(H2,21,22,23). The molecule has 2 amide bonds. The third-order valence-corrected chi connectivity index (χ3v) is 4.08. The Hall–Kier alpha value is -2.07. The van der Waals surface area contributed by atoms with Crippen molar-refractivity contribution in [3.63, 3.8) is 0 Å². The Labute approximate surface area is 140 Å². The minimum Gasteiger partial charge on any atom is -0.334 e. The van der Waals surface area contributed by atoms with Crippen molar-refractivity contribution in [3.05, 3.63) is 63.9 Å². The van der Waals surface area contributed by atoms with Gasteiger partial charge in [0.2, 0.25) is 0 Å². The number of halogens is 2. The number of nitrogens with one attached hydrogen (secondary N) is 2. The molecule has 122 valence electrons. The summed E-state index contributed by atoms with van der Waals surface area (Å²) in [6.07, 6.45) is 1.64. The molecule has 0 saturated heterocycles. The molecule has 0 atom stereocenters. The van der Waals surface area contributed by atoms with E-state index in [4.69, 9.17) is 11.6 Å². The molecule has 2 N–H and O–H groups in total. The number of hydrogen-bond acceptors (Lipinski definition) is 1. The molecule has 0 spiro atoms. The molecule has 2 rings (SSSR count). The zero-order valence-electron chi connectivity index (χ0n) is 13.2. The van der Waals surface area contributed by atoms with Crippen molar-refractivity contribution in [1.82, 2.24) is 5.32 Å². The molecule has 23 heavy (non-hydrogen) atoms. The van der Waals surface area contributed by atoms with E-state index in [0.29, 0.717) is 5.02 Å². The number of para-hydroxylation sites is 1. The first kappa shape index (κ1) is 17.3. The van der Waals surface area contributed by atoms with E-state index >= 15 is 0 Å². The van der Waals surface area contributed by atoms with E-state index in [1.54, 1.807) is 6.07 Å². The third kappa shape index (κ3) is 4.23. The van der Waals surface area contributed by atoms with Gasteiger partial charge >= 0.3 is 6.03 Å². The lowest BCUT2D eigenvalue weighted by molar-refractivity contribution is 0.251. The molecule has 0 heterocycles. The van der Waals surface area contributed by atoms with E-state index in [1.807, 2.05) is 32.0 Å².